The average Bonchev–Trinajstić information content (AvgIpc) is 2.93. The van der Waals surface area contributed by atoms with Crippen molar-refractivity contribution in [3.8, 4) is 11.6 Å². The van der Waals surface area contributed by atoms with Crippen molar-refractivity contribution in [2.75, 3.05) is 19.5 Å². The van der Waals surface area contributed by atoms with Crippen LogP contribution in [0.5, 0.6) is 11.6 Å². The average molecular weight is 319 g/mol. The van der Waals surface area contributed by atoms with Crippen LogP contribution in [0.3, 0.4) is 0 Å². The van der Waals surface area contributed by atoms with Gasteiger partial charge in [-0.05, 0) is 18.2 Å². The highest BCUT2D eigenvalue weighted by Gasteiger charge is 2.12. The number of hydrogen-bond donors (Lipinski definition) is 1. The lowest BCUT2D eigenvalue weighted by Crippen LogP contribution is -2.04. The maximum atomic E-state index is 6.02. The zero-order valence-corrected chi connectivity index (χ0v) is 12.7. The van der Waals surface area contributed by atoms with Crippen molar-refractivity contribution in [3.63, 3.8) is 0 Å². The fourth-order valence-electron chi connectivity index (χ4n) is 2.14. The van der Waals surface area contributed by atoms with Crippen LogP contribution in [0.15, 0.2) is 36.8 Å². The summed E-state index contributed by atoms with van der Waals surface area (Å²) in [5, 5.41) is 0.442. The summed E-state index contributed by atoms with van der Waals surface area (Å²) in [5.41, 5.74) is 7.83. The summed E-state index contributed by atoms with van der Waals surface area (Å²) in [6, 6.07) is 7.01. The van der Waals surface area contributed by atoms with Crippen LogP contribution in [0.2, 0.25) is 5.02 Å². The van der Waals surface area contributed by atoms with E-state index in [2.05, 4.69) is 9.97 Å². The van der Waals surface area contributed by atoms with Crippen LogP contribution in [0.1, 0.15) is 0 Å². The molecular weight excluding hydrogens is 304 g/mol. The molecule has 2 aromatic heterocycles. The van der Waals surface area contributed by atoms with Gasteiger partial charge >= 0.3 is 0 Å². The summed E-state index contributed by atoms with van der Waals surface area (Å²) in [7, 11) is 1.66. The molecule has 6 nitrogen and oxygen atoms in total. The van der Waals surface area contributed by atoms with E-state index in [0.717, 1.165) is 11.0 Å². The molecule has 0 radical (unpaired) electrons. The number of methoxy groups -OCH3 is 1. The molecule has 0 spiro atoms. The van der Waals surface area contributed by atoms with E-state index in [-0.39, 0.29) is 0 Å². The van der Waals surface area contributed by atoms with Gasteiger partial charge in [0.05, 0.1) is 22.8 Å². The summed E-state index contributed by atoms with van der Waals surface area (Å²) in [6.45, 7) is 1.28. The zero-order chi connectivity index (χ0) is 15.5. The van der Waals surface area contributed by atoms with Gasteiger partial charge in [0.25, 0.3) is 0 Å². The maximum Gasteiger partial charge on any atom is 0.247 e. The number of benzene rings is 1. The molecule has 0 saturated carbocycles. The van der Waals surface area contributed by atoms with E-state index >= 15 is 0 Å². The van der Waals surface area contributed by atoms with Crippen LogP contribution in [-0.2, 0) is 11.3 Å². The monoisotopic (exact) mass is 318 g/mol. The lowest BCUT2D eigenvalue weighted by atomic mass is 10.3. The van der Waals surface area contributed by atoms with Crippen LogP contribution in [0, 0.1) is 0 Å². The first kappa shape index (κ1) is 14.6. The van der Waals surface area contributed by atoms with E-state index in [1.165, 1.54) is 6.33 Å². The molecule has 0 saturated heterocycles. The number of halogens is 1. The lowest BCUT2D eigenvalue weighted by molar-refractivity contribution is 0.188. The second-order valence-electron chi connectivity index (χ2n) is 4.70. The fraction of sp³-hybridized carbons (Fsp3) is 0.200. The number of ether oxygens (including phenoxy) is 2. The Balaban J connectivity index is 1.98. The van der Waals surface area contributed by atoms with E-state index in [4.69, 9.17) is 26.8 Å². The van der Waals surface area contributed by atoms with E-state index in [9.17, 15) is 0 Å². The molecule has 0 aliphatic carbocycles. The second-order valence-corrected chi connectivity index (χ2v) is 5.11. The minimum atomic E-state index is 0.442. The van der Waals surface area contributed by atoms with Gasteiger partial charge in [0, 0.05) is 25.9 Å². The van der Waals surface area contributed by atoms with Gasteiger partial charge in [-0.15, -0.1) is 0 Å². The maximum absolute atomic E-state index is 6.02. The Hall–Kier alpha value is -2.31. The molecule has 22 heavy (non-hydrogen) atoms. The molecule has 0 aliphatic rings. The summed E-state index contributed by atoms with van der Waals surface area (Å²) < 4.78 is 13.0. The molecular formula is C15H15ClN4O2. The van der Waals surface area contributed by atoms with Crippen LogP contribution in [0.4, 0.5) is 5.69 Å². The highest BCUT2D eigenvalue weighted by atomic mass is 35.5. The first-order chi connectivity index (χ1) is 10.7. The van der Waals surface area contributed by atoms with Gasteiger partial charge in [0.1, 0.15) is 17.6 Å². The van der Waals surface area contributed by atoms with Gasteiger partial charge in [-0.2, -0.15) is 4.98 Å². The molecule has 0 aliphatic heterocycles. The first-order valence-electron chi connectivity index (χ1n) is 6.70. The quantitative estimate of drug-likeness (QED) is 0.732. The van der Waals surface area contributed by atoms with E-state index in [1.807, 2.05) is 16.8 Å². The van der Waals surface area contributed by atoms with Crippen molar-refractivity contribution in [2.45, 2.75) is 6.54 Å². The number of nitrogens with zero attached hydrogens (tertiary/aromatic N) is 3. The minimum absolute atomic E-state index is 0.442. The molecule has 3 rings (SSSR count). The molecule has 0 atom stereocenters. The van der Waals surface area contributed by atoms with Crippen LogP contribution in [0.25, 0.3) is 11.0 Å². The van der Waals surface area contributed by atoms with Crippen molar-refractivity contribution in [1.29, 1.82) is 0 Å². The Kier molecular flexibility index (Phi) is 4.13. The lowest BCUT2D eigenvalue weighted by Gasteiger charge is -2.10. The van der Waals surface area contributed by atoms with Gasteiger partial charge < -0.3 is 19.8 Å². The summed E-state index contributed by atoms with van der Waals surface area (Å²) in [6.07, 6.45) is 3.40. The largest absolute Gasteiger partial charge is 0.437 e. The number of hydrogen-bond acceptors (Lipinski definition) is 5. The van der Waals surface area contributed by atoms with Crippen LogP contribution in [-0.4, -0.2) is 28.3 Å². The Morgan fingerprint density at radius 2 is 2.14 bits per heavy atom. The summed E-state index contributed by atoms with van der Waals surface area (Å²) >= 11 is 6.02. The molecule has 2 N–H and O–H groups in total. The topological polar surface area (TPSA) is 75.2 Å². The Morgan fingerprint density at radius 3 is 2.91 bits per heavy atom. The second kappa shape index (κ2) is 6.21. The smallest absolute Gasteiger partial charge is 0.247 e. The SMILES string of the molecule is COCCn1ccc2ncnc(Oc3ccc(N)c(Cl)c3)c21. The standard InChI is InChI=1S/C15H15ClN4O2/c1-21-7-6-20-5-4-13-14(20)15(19-9-18-13)22-10-2-3-12(17)11(16)8-10/h2-5,8-9H,6-7,17H2,1H3. The molecule has 3 aromatic rings. The molecule has 1 aromatic carbocycles. The predicted molar refractivity (Wildman–Crippen MR) is 85.3 cm³/mol. The number of rotatable bonds is 5. The van der Waals surface area contributed by atoms with E-state index in [1.54, 1.807) is 25.3 Å². The number of fused-ring (bicyclic) bond motifs is 1. The van der Waals surface area contributed by atoms with Gasteiger partial charge in [0.15, 0.2) is 0 Å². The Labute approximate surface area is 132 Å². The zero-order valence-electron chi connectivity index (χ0n) is 12.0. The molecule has 2 heterocycles. The number of anilines is 1. The molecule has 114 valence electrons. The van der Waals surface area contributed by atoms with Crippen molar-refractivity contribution in [3.05, 3.63) is 41.8 Å². The van der Waals surface area contributed by atoms with Crippen molar-refractivity contribution in [1.82, 2.24) is 14.5 Å². The van der Waals surface area contributed by atoms with Crippen molar-refractivity contribution in [2.24, 2.45) is 0 Å². The van der Waals surface area contributed by atoms with E-state index < -0.39 is 0 Å². The fourth-order valence-corrected chi connectivity index (χ4v) is 2.31. The first-order valence-corrected chi connectivity index (χ1v) is 7.08. The van der Waals surface area contributed by atoms with Crippen LogP contribution >= 0.6 is 11.6 Å². The van der Waals surface area contributed by atoms with Gasteiger partial charge in [-0.1, -0.05) is 11.6 Å². The number of nitrogens with two attached hydrogens (primary N) is 1. The summed E-state index contributed by atoms with van der Waals surface area (Å²) in [4.78, 5) is 8.47. The third-order valence-electron chi connectivity index (χ3n) is 3.24. The summed E-state index contributed by atoms with van der Waals surface area (Å²) in [5.74, 6) is 1.03. The van der Waals surface area contributed by atoms with Crippen LogP contribution < -0.4 is 10.5 Å². The van der Waals surface area contributed by atoms with Crippen molar-refractivity contribution < 1.29 is 9.47 Å². The number of aromatic nitrogens is 3. The molecule has 0 fully saturated rings. The van der Waals surface area contributed by atoms with E-state index in [0.29, 0.717) is 35.5 Å². The molecule has 0 amide bonds. The number of nitrogen functional groups attached to an aromatic ring is 1. The van der Waals surface area contributed by atoms with Gasteiger partial charge in [0.2, 0.25) is 5.88 Å². The Bertz CT molecular complexity index is 803. The molecule has 7 heteroatoms. The third kappa shape index (κ3) is 2.84. The van der Waals surface area contributed by atoms with Crippen molar-refractivity contribution >= 4 is 28.3 Å². The minimum Gasteiger partial charge on any atom is -0.437 e. The highest BCUT2D eigenvalue weighted by molar-refractivity contribution is 6.33. The van der Waals surface area contributed by atoms with Gasteiger partial charge in [-0.25, -0.2) is 4.98 Å². The highest BCUT2D eigenvalue weighted by Crippen LogP contribution is 2.30. The Morgan fingerprint density at radius 1 is 1.27 bits per heavy atom. The molecule has 0 bridgehead atoms. The predicted octanol–water partition coefficient (Wildman–Crippen LogP) is 3.11. The normalized spacial score (nSPS) is 11.0. The van der Waals surface area contributed by atoms with Gasteiger partial charge in [-0.3, -0.25) is 0 Å². The third-order valence-corrected chi connectivity index (χ3v) is 3.57. The molecule has 0 unspecified atom stereocenters.